The van der Waals surface area contributed by atoms with Gasteiger partial charge in [-0.05, 0) is 17.7 Å². The molecule has 0 saturated carbocycles. The van der Waals surface area contributed by atoms with Gasteiger partial charge in [-0.3, -0.25) is 4.99 Å². The summed E-state index contributed by atoms with van der Waals surface area (Å²) >= 11 is 9.49. The Balaban J connectivity index is 2.57. The van der Waals surface area contributed by atoms with Crippen LogP contribution in [0.1, 0.15) is 5.56 Å². The summed E-state index contributed by atoms with van der Waals surface area (Å²) in [5.74, 6) is 0.726. The largest absolute Gasteiger partial charge is 0.353 e. The lowest BCUT2D eigenvalue weighted by Gasteiger charge is -2.11. The summed E-state index contributed by atoms with van der Waals surface area (Å²) < 4.78 is 0.973. The summed E-state index contributed by atoms with van der Waals surface area (Å²) in [6.45, 7) is 4.94. The van der Waals surface area contributed by atoms with E-state index in [1.165, 1.54) is 0 Å². The monoisotopic (exact) mass is 315 g/mol. The molecule has 0 aliphatic carbocycles. The van der Waals surface area contributed by atoms with Crippen LogP contribution in [0.2, 0.25) is 5.02 Å². The summed E-state index contributed by atoms with van der Waals surface area (Å²) in [5, 5.41) is 6.99. The van der Waals surface area contributed by atoms with Crippen LogP contribution in [0.15, 0.2) is 40.3 Å². The second-order valence-electron chi connectivity index (χ2n) is 3.33. The third-order valence-electron chi connectivity index (χ3n) is 2.10. The van der Waals surface area contributed by atoms with E-state index in [0.717, 1.165) is 21.0 Å². The fraction of sp³-hybridized carbons (Fsp3) is 0.250. The molecule has 0 amide bonds. The number of aliphatic imine (C=N–C) groups is 1. The molecule has 0 radical (unpaired) electrons. The Hall–Kier alpha value is -1.000. The van der Waals surface area contributed by atoms with E-state index in [4.69, 9.17) is 11.6 Å². The average Bonchev–Trinajstić information content (AvgIpc) is 2.31. The van der Waals surface area contributed by atoms with Gasteiger partial charge in [0.15, 0.2) is 5.96 Å². The Morgan fingerprint density at radius 3 is 2.88 bits per heavy atom. The fourth-order valence-electron chi connectivity index (χ4n) is 1.23. The van der Waals surface area contributed by atoms with Crippen LogP contribution in [0, 0.1) is 0 Å². The maximum Gasteiger partial charge on any atom is 0.191 e. The molecule has 1 aromatic carbocycles. The molecule has 92 valence electrons. The lowest BCUT2D eigenvalue weighted by atomic mass is 10.2. The number of nitrogens with zero attached hydrogens (tertiary/aromatic N) is 1. The second kappa shape index (κ2) is 7.35. The standard InChI is InChI=1S/C12H15BrClN3/c1-3-6-16-12(15-2)17-8-9-4-5-10(13)7-11(9)14/h3-5,7H,1,6,8H2,2H3,(H2,15,16,17). The Kier molecular flexibility index (Phi) is 6.08. The molecule has 0 atom stereocenters. The van der Waals surface area contributed by atoms with E-state index in [1.54, 1.807) is 13.1 Å². The minimum atomic E-state index is 0.628. The van der Waals surface area contributed by atoms with E-state index >= 15 is 0 Å². The Bertz CT molecular complexity index is 418. The van der Waals surface area contributed by atoms with Crippen molar-refractivity contribution < 1.29 is 0 Å². The smallest absolute Gasteiger partial charge is 0.191 e. The third kappa shape index (κ3) is 4.79. The Morgan fingerprint density at radius 2 is 2.29 bits per heavy atom. The van der Waals surface area contributed by atoms with Crippen molar-refractivity contribution >= 4 is 33.5 Å². The summed E-state index contributed by atoms with van der Waals surface area (Å²) in [6.07, 6.45) is 1.78. The van der Waals surface area contributed by atoms with Gasteiger partial charge in [0, 0.05) is 29.6 Å². The number of halogens is 2. The highest BCUT2D eigenvalue weighted by molar-refractivity contribution is 9.10. The van der Waals surface area contributed by atoms with E-state index < -0.39 is 0 Å². The van der Waals surface area contributed by atoms with Crippen molar-refractivity contribution in [1.82, 2.24) is 10.6 Å². The Morgan fingerprint density at radius 1 is 1.53 bits per heavy atom. The van der Waals surface area contributed by atoms with Gasteiger partial charge in [-0.15, -0.1) is 6.58 Å². The number of benzene rings is 1. The average molecular weight is 317 g/mol. The van der Waals surface area contributed by atoms with E-state index in [2.05, 4.69) is 38.1 Å². The second-order valence-corrected chi connectivity index (χ2v) is 4.65. The van der Waals surface area contributed by atoms with Crippen molar-refractivity contribution in [2.24, 2.45) is 4.99 Å². The lowest BCUT2D eigenvalue weighted by Crippen LogP contribution is -2.36. The topological polar surface area (TPSA) is 36.4 Å². The third-order valence-corrected chi connectivity index (χ3v) is 2.94. The molecule has 1 rings (SSSR count). The predicted molar refractivity (Wildman–Crippen MR) is 77.6 cm³/mol. The van der Waals surface area contributed by atoms with Crippen LogP contribution in [-0.4, -0.2) is 19.6 Å². The van der Waals surface area contributed by atoms with Crippen molar-refractivity contribution in [1.29, 1.82) is 0 Å². The van der Waals surface area contributed by atoms with Gasteiger partial charge in [-0.2, -0.15) is 0 Å². The van der Waals surface area contributed by atoms with Crippen molar-refractivity contribution in [3.63, 3.8) is 0 Å². The molecule has 3 nitrogen and oxygen atoms in total. The summed E-state index contributed by atoms with van der Waals surface area (Å²) in [6, 6.07) is 5.81. The molecule has 0 fully saturated rings. The van der Waals surface area contributed by atoms with Crippen LogP contribution in [0.25, 0.3) is 0 Å². The lowest BCUT2D eigenvalue weighted by molar-refractivity contribution is 0.847. The molecule has 5 heteroatoms. The highest BCUT2D eigenvalue weighted by atomic mass is 79.9. The van der Waals surface area contributed by atoms with E-state index in [0.29, 0.717) is 13.1 Å². The molecule has 0 aliphatic rings. The van der Waals surface area contributed by atoms with Crippen LogP contribution in [-0.2, 0) is 6.54 Å². The van der Waals surface area contributed by atoms with Crippen LogP contribution >= 0.6 is 27.5 Å². The van der Waals surface area contributed by atoms with Gasteiger partial charge in [-0.25, -0.2) is 0 Å². The first-order chi connectivity index (χ1) is 8.17. The van der Waals surface area contributed by atoms with Crippen molar-refractivity contribution in [3.05, 3.63) is 45.9 Å². The first kappa shape index (κ1) is 14.1. The van der Waals surface area contributed by atoms with Gasteiger partial charge in [0.05, 0.1) is 0 Å². The first-order valence-electron chi connectivity index (χ1n) is 5.16. The minimum Gasteiger partial charge on any atom is -0.353 e. The maximum absolute atomic E-state index is 6.11. The van der Waals surface area contributed by atoms with E-state index in [1.807, 2.05) is 18.2 Å². The fourth-order valence-corrected chi connectivity index (χ4v) is 1.97. The maximum atomic E-state index is 6.11. The molecule has 0 saturated heterocycles. The number of hydrogen-bond acceptors (Lipinski definition) is 1. The van der Waals surface area contributed by atoms with Gasteiger partial charge < -0.3 is 10.6 Å². The van der Waals surface area contributed by atoms with Gasteiger partial charge in [0.25, 0.3) is 0 Å². The molecule has 0 unspecified atom stereocenters. The molecular formula is C12H15BrClN3. The van der Waals surface area contributed by atoms with Crippen molar-refractivity contribution in [2.45, 2.75) is 6.54 Å². The zero-order chi connectivity index (χ0) is 12.7. The normalized spacial score (nSPS) is 11.1. The molecular weight excluding hydrogens is 302 g/mol. The predicted octanol–water partition coefficient (Wildman–Crippen LogP) is 2.95. The molecule has 0 spiro atoms. The van der Waals surface area contributed by atoms with Gasteiger partial charge in [0.2, 0.25) is 0 Å². The summed E-state index contributed by atoms with van der Waals surface area (Å²) in [5.41, 5.74) is 1.02. The number of nitrogens with one attached hydrogen (secondary N) is 2. The highest BCUT2D eigenvalue weighted by Crippen LogP contribution is 2.20. The number of guanidine groups is 1. The number of rotatable bonds is 4. The Labute approximate surface area is 115 Å². The zero-order valence-corrected chi connectivity index (χ0v) is 12.0. The van der Waals surface area contributed by atoms with Crippen molar-refractivity contribution in [3.8, 4) is 0 Å². The summed E-state index contributed by atoms with van der Waals surface area (Å²) in [4.78, 5) is 4.08. The van der Waals surface area contributed by atoms with E-state index in [9.17, 15) is 0 Å². The molecule has 2 N–H and O–H groups in total. The molecule has 1 aromatic rings. The molecule has 0 heterocycles. The van der Waals surface area contributed by atoms with Crippen LogP contribution in [0.4, 0.5) is 0 Å². The molecule has 0 bridgehead atoms. The molecule has 0 aromatic heterocycles. The minimum absolute atomic E-state index is 0.628. The van der Waals surface area contributed by atoms with Crippen LogP contribution < -0.4 is 10.6 Å². The molecule has 0 aliphatic heterocycles. The first-order valence-corrected chi connectivity index (χ1v) is 6.33. The van der Waals surface area contributed by atoms with Crippen LogP contribution in [0.3, 0.4) is 0 Å². The van der Waals surface area contributed by atoms with Gasteiger partial charge >= 0.3 is 0 Å². The van der Waals surface area contributed by atoms with Gasteiger partial charge in [-0.1, -0.05) is 39.7 Å². The van der Waals surface area contributed by atoms with Gasteiger partial charge in [0.1, 0.15) is 0 Å². The van der Waals surface area contributed by atoms with E-state index in [-0.39, 0.29) is 0 Å². The number of hydrogen-bond donors (Lipinski definition) is 2. The SMILES string of the molecule is C=CCNC(=NC)NCc1ccc(Br)cc1Cl. The highest BCUT2D eigenvalue weighted by Gasteiger charge is 2.02. The quantitative estimate of drug-likeness (QED) is 0.509. The zero-order valence-electron chi connectivity index (χ0n) is 9.63. The van der Waals surface area contributed by atoms with Crippen LogP contribution in [0.5, 0.6) is 0 Å². The summed E-state index contributed by atoms with van der Waals surface area (Å²) in [7, 11) is 1.72. The molecule has 17 heavy (non-hydrogen) atoms. The van der Waals surface area contributed by atoms with Crippen molar-refractivity contribution in [2.75, 3.05) is 13.6 Å².